The van der Waals surface area contributed by atoms with E-state index in [2.05, 4.69) is 16.9 Å². The lowest BCUT2D eigenvalue weighted by Crippen LogP contribution is -2.36. The number of hydrogen-bond donors (Lipinski definition) is 2. The van der Waals surface area contributed by atoms with Crippen LogP contribution in [0.2, 0.25) is 0 Å². The van der Waals surface area contributed by atoms with Crippen molar-refractivity contribution in [1.82, 2.24) is 10.9 Å². The van der Waals surface area contributed by atoms with Crippen molar-refractivity contribution in [3.63, 3.8) is 0 Å². The Morgan fingerprint density at radius 3 is 2.67 bits per heavy atom. The van der Waals surface area contributed by atoms with Crippen molar-refractivity contribution in [2.75, 3.05) is 0 Å². The monoisotopic (exact) mass is 202 g/mol. The van der Waals surface area contributed by atoms with Crippen LogP contribution < -0.4 is 10.9 Å². The van der Waals surface area contributed by atoms with Gasteiger partial charge in [0.15, 0.2) is 0 Å². The summed E-state index contributed by atoms with van der Waals surface area (Å²) in [6.07, 6.45) is 5.41. The highest BCUT2D eigenvalue weighted by Gasteiger charge is 2.06. The third-order valence-corrected chi connectivity index (χ3v) is 2.41. The van der Waals surface area contributed by atoms with E-state index >= 15 is 0 Å². The summed E-state index contributed by atoms with van der Waals surface area (Å²) in [5.41, 5.74) is 7.41. The quantitative estimate of drug-likeness (QED) is 0.736. The fraction of sp³-hybridized carbons (Fsp3) is 0.250. The van der Waals surface area contributed by atoms with E-state index in [1.165, 1.54) is 6.42 Å². The smallest absolute Gasteiger partial charge is 0.269 e. The van der Waals surface area contributed by atoms with Crippen molar-refractivity contribution >= 4 is 5.91 Å². The van der Waals surface area contributed by atoms with E-state index in [1.807, 2.05) is 18.2 Å². The second-order valence-electron chi connectivity index (χ2n) is 3.57. The van der Waals surface area contributed by atoms with Crippen molar-refractivity contribution in [1.29, 1.82) is 0 Å². The maximum absolute atomic E-state index is 11.6. The first-order valence-electron chi connectivity index (χ1n) is 5.17. The van der Waals surface area contributed by atoms with Crippen molar-refractivity contribution in [2.45, 2.75) is 19.3 Å². The van der Waals surface area contributed by atoms with Gasteiger partial charge in [0.25, 0.3) is 5.91 Å². The molecule has 2 N–H and O–H groups in total. The topological polar surface area (TPSA) is 41.1 Å². The summed E-state index contributed by atoms with van der Waals surface area (Å²) in [7, 11) is 0. The lowest BCUT2D eigenvalue weighted by Gasteiger charge is -2.08. The van der Waals surface area contributed by atoms with E-state index in [-0.39, 0.29) is 5.91 Å². The molecule has 0 saturated carbocycles. The highest BCUT2D eigenvalue weighted by atomic mass is 16.2. The van der Waals surface area contributed by atoms with Crippen molar-refractivity contribution in [3.8, 4) is 0 Å². The Morgan fingerprint density at radius 2 is 2.00 bits per heavy atom. The van der Waals surface area contributed by atoms with Gasteiger partial charge in [-0.2, -0.15) is 0 Å². The SMILES string of the molecule is O=C(NNC1=CCCC1)c1ccccc1. The zero-order valence-electron chi connectivity index (χ0n) is 8.49. The first-order chi connectivity index (χ1) is 7.36. The van der Waals surface area contributed by atoms with E-state index in [0.29, 0.717) is 5.56 Å². The minimum Gasteiger partial charge on any atom is -0.303 e. The largest absolute Gasteiger partial charge is 0.303 e. The number of hydrazine groups is 1. The van der Waals surface area contributed by atoms with Gasteiger partial charge in [0, 0.05) is 11.3 Å². The molecule has 0 aromatic heterocycles. The molecule has 0 radical (unpaired) electrons. The molecule has 0 saturated heterocycles. The molecular weight excluding hydrogens is 188 g/mol. The summed E-state index contributed by atoms with van der Waals surface area (Å²) in [4.78, 5) is 11.6. The molecule has 15 heavy (non-hydrogen) atoms. The van der Waals surface area contributed by atoms with E-state index < -0.39 is 0 Å². The van der Waals surface area contributed by atoms with Crippen LogP contribution in [0.3, 0.4) is 0 Å². The molecule has 0 bridgehead atoms. The molecule has 0 unspecified atom stereocenters. The summed E-state index contributed by atoms with van der Waals surface area (Å²) < 4.78 is 0. The highest BCUT2D eigenvalue weighted by Crippen LogP contribution is 2.13. The molecule has 0 spiro atoms. The number of benzene rings is 1. The Balaban J connectivity index is 1.87. The Hall–Kier alpha value is -1.77. The Morgan fingerprint density at radius 1 is 1.20 bits per heavy atom. The van der Waals surface area contributed by atoms with Gasteiger partial charge in [0.2, 0.25) is 0 Å². The second-order valence-corrected chi connectivity index (χ2v) is 3.57. The number of hydrogen-bond acceptors (Lipinski definition) is 2. The predicted molar refractivity (Wildman–Crippen MR) is 59.0 cm³/mol. The van der Waals surface area contributed by atoms with Crippen LogP contribution in [0.25, 0.3) is 0 Å². The summed E-state index contributed by atoms with van der Waals surface area (Å²) in [5.74, 6) is -0.0941. The van der Waals surface area contributed by atoms with Crippen LogP contribution >= 0.6 is 0 Å². The van der Waals surface area contributed by atoms with Crippen LogP contribution in [-0.2, 0) is 0 Å². The highest BCUT2D eigenvalue weighted by molar-refractivity contribution is 5.93. The molecule has 0 atom stereocenters. The van der Waals surface area contributed by atoms with E-state index in [9.17, 15) is 4.79 Å². The lowest BCUT2D eigenvalue weighted by atomic mass is 10.2. The van der Waals surface area contributed by atoms with Crippen LogP contribution in [-0.4, -0.2) is 5.91 Å². The minimum absolute atomic E-state index is 0.0941. The van der Waals surface area contributed by atoms with Gasteiger partial charge in [-0.15, -0.1) is 0 Å². The van der Waals surface area contributed by atoms with Crippen LogP contribution in [0.1, 0.15) is 29.6 Å². The van der Waals surface area contributed by atoms with Gasteiger partial charge < -0.3 is 5.43 Å². The van der Waals surface area contributed by atoms with Crippen LogP contribution in [0.15, 0.2) is 42.1 Å². The fourth-order valence-corrected chi connectivity index (χ4v) is 1.58. The van der Waals surface area contributed by atoms with Crippen molar-refractivity contribution < 1.29 is 4.79 Å². The number of nitrogens with one attached hydrogen (secondary N) is 2. The molecule has 1 aromatic rings. The number of carbonyl (C=O) groups is 1. The summed E-state index contributed by atoms with van der Waals surface area (Å²) in [6.45, 7) is 0. The fourth-order valence-electron chi connectivity index (χ4n) is 1.58. The number of amides is 1. The van der Waals surface area contributed by atoms with Gasteiger partial charge in [-0.25, -0.2) is 0 Å². The molecule has 0 heterocycles. The first-order valence-corrected chi connectivity index (χ1v) is 5.17. The molecule has 1 aliphatic rings. The molecule has 0 fully saturated rings. The third-order valence-electron chi connectivity index (χ3n) is 2.41. The zero-order valence-corrected chi connectivity index (χ0v) is 8.49. The summed E-state index contributed by atoms with van der Waals surface area (Å²) in [5, 5.41) is 0. The number of carbonyl (C=O) groups excluding carboxylic acids is 1. The molecule has 0 aliphatic heterocycles. The average Bonchev–Trinajstić information content (AvgIpc) is 2.80. The molecule has 3 heteroatoms. The van der Waals surface area contributed by atoms with Crippen molar-refractivity contribution in [2.24, 2.45) is 0 Å². The van der Waals surface area contributed by atoms with Gasteiger partial charge >= 0.3 is 0 Å². The normalized spacial score (nSPS) is 14.5. The predicted octanol–water partition coefficient (Wildman–Crippen LogP) is 1.99. The zero-order chi connectivity index (χ0) is 10.5. The van der Waals surface area contributed by atoms with Crippen LogP contribution in [0, 0.1) is 0 Å². The van der Waals surface area contributed by atoms with Crippen LogP contribution in [0.4, 0.5) is 0 Å². The molecule has 3 nitrogen and oxygen atoms in total. The lowest BCUT2D eigenvalue weighted by molar-refractivity contribution is 0.0938. The molecule has 1 aromatic carbocycles. The van der Waals surface area contributed by atoms with Crippen molar-refractivity contribution in [3.05, 3.63) is 47.7 Å². The van der Waals surface area contributed by atoms with Gasteiger partial charge in [0.05, 0.1) is 0 Å². The van der Waals surface area contributed by atoms with Gasteiger partial charge in [-0.3, -0.25) is 10.2 Å². The third kappa shape index (κ3) is 2.59. The molecule has 78 valence electrons. The van der Waals surface area contributed by atoms with Gasteiger partial charge in [-0.05, 0) is 31.4 Å². The molecule has 2 rings (SSSR count). The summed E-state index contributed by atoms with van der Waals surface area (Å²) in [6, 6.07) is 9.18. The van der Waals surface area contributed by atoms with Crippen LogP contribution in [0.5, 0.6) is 0 Å². The second kappa shape index (κ2) is 4.64. The number of allylic oxidation sites excluding steroid dienone is 2. The van der Waals surface area contributed by atoms with E-state index in [4.69, 9.17) is 0 Å². The van der Waals surface area contributed by atoms with E-state index in [0.717, 1.165) is 18.5 Å². The first kappa shape index (κ1) is 9.77. The van der Waals surface area contributed by atoms with Gasteiger partial charge in [-0.1, -0.05) is 24.3 Å². The Kier molecular flexibility index (Phi) is 3.02. The average molecular weight is 202 g/mol. The maximum atomic E-state index is 11.6. The van der Waals surface area contributed by atoms with E-state index in [1.54, 1.807) is 12.1 Å². The molecule has 1 aliphatic carbocycles. The Labute approximate surface area is 89.2 Å². The number of rotatable bonds is 3. The molecule has 1 amide bonds. The Bertz CT molecular complexity index is 370. The van der Waals surface area contributed by atoms with Gasteiger partial charge in [0.1, 0.15) is 0 Å². The maximum Gasteiger partial charge on any atom is 0.269 e. The summed E-state index contributed by atoms with van der Waals surface area (Å²) >= 11 is 0. The minimum atomic E-state index is -0.0941. The standard InChI is InChI=1S/C12H14N2O/c15-12(10-6-2-1-3-7-10)14-13-11-8-4-5-9-11/h1-3,6-8,13H,4-5,9H2,(H,14,15). The molecular formula is C12H14N2O.